The van der Waals surface area contributed by atoms with Crippen LogP contribution in [0.4, 0.5) is 0 Å². The molecule has 0 spiro atoms. The Balaban J connectivity index is 3.88. The minimum absolute atomic E-state index is 0.127. The second kappa shape index (κ2) is 2.62. The van der Waals surface area contributed by atoms with E-state index in [0.29, 0.717) is 0 Å². The molecule has 2 N–H and O–H groups in total. The van der Waals surface area contributed by atoms with Gasteiger partial charge < -0.3 is 5.32 Å². The van der Waals surface area contributed by atoms with E-state index in [4.69, 9.17) is 5.41 Å². The van der Waals surface area contributed by atoms with Crippen molar-refractivity contribution >= 4 is 12.2 Å². The molecule has 0 aromatic rings. The molecule has 0 saturated heterocycles. The van der Waals surface area contributed by atoms with E-state index in [2.05, 4.69) is 5.32 Å². The SMILES string of the molecule is CC(C)(C)C(=O)NC=N. The third-order valence-electron chi connectivity index (χ3n) is 0.884. The summed E-state index contributed by atoms with van der Waals surface area (Å²) in [5, 5.41) is 8.84. The number of hydrogen-bond acceptors (Lipinski definition) is 2. The molecule has 3 nitrogen and oxygen atoms in total. The molecule has 0 aromatic carbocycles. The summed E-state index contributed by atoms with van der Waals surface area (Å²) in [7, 11) is 0. The van der Waals surface area contributed by atoms with Crippen molar-refractivity contribution in [1.29, 1.82) is 5.41 Å². The van der Waals surface area contributed by atoms with Gasteiger partial charge in [0.25, 0.3) is 0 Å². The fourth-order valence-electron chi connectivity index (χ4n) is 0.282. The van der Waals surface area contributed by atoms with Gasteiger partial charge in [0.2, 0.25) is 5.91 Å². The van der Waals surface area contributed by atoms with Gasteiger partial charge in [-0.3, -0.25) is 10.2 Å². The molecular weight excluding hydrogens is 116 g/mol. The van der Waals surface area contributed by atoms with E-state index in [1.807, 2.05) is 0 Å². The molecule has 9 heavy (non-hydrogen) atoms. The first-order valence-electron chi connectivity index (χ1n) is 2.78. The lowest BCUT2D eigenvalue weighted by Gasteiger charge is -2.14. The van der Waals surface area contributed by atoms with Crippen LogP contribution in [0.2, 0.25) is 0 Å². The molecule has 0 aliphatic heterocycles. The summed E-state index contributed by atoms with van der Waals surface area (Å²) in [5.74, 6) is -0.127. The summed E-state index contributed by atoms with van der Waals surface area (Å²) >= 11 is 0. The van der Waals surface area contributed by atoms with Crippen LogP contribution in [-0.2, 0) is 4.79 Å². The molecular formula is C6H12N2O. The van der Waals surface area contributed by atoms with Gasteiger partial charge in [0.15, 0.2) is 0 Å². The third kappa shape index (κ3) is 2.85. The van der Waals surface area contributed by atoms with Crippen LogP contribution in [0, 0.1) is 10.8 Å². The highest BCUT2D eigenvalue weighted by atomic mass is 16.2. The third-order valence-corrected chi connectivity index (χ3v) is 0.884. The lowest BCUT2D eigenvalue weighted by Crippen LogP contribution is -2.33. The maximum atomic E-state index is 10.8. The Bertz CT molecular complexity index is 124. The zero-order valence-corrected chi connectivity index (χ0v) is 5.99. The fourth-order valence-corrected chi connectivity index (χ4v) is 0.282. The van der Waals surface area contributed by atoms with Gasteiger partial charge in [-0.15, -0.1) is 0 Å². The number of hydrogen-bond donors (Lipinski definition) is 2. The van der Waals surface area contributed by atoms with Gasteiger partial charge in [-0.05, 0) is 0 Å². The normalized spacial score (nSPS) is 10.6. The second-order valence-electron chi connectivity index (χ2n) is 2.87. The quantitative estimate of drug-likeness (QED) is 0.397. The number of rotatable bonds is 1. The zero-order valence-electron chi connectivity index (χ0n) is 5.99. The van der Waals surface area contributed by atoms with Crippen LogP contribution in [0.1, 0.15) is 20.8 Å². The number of amides is 1. The molecule has 1 amide bonds. The molecule has 0 atom stereocenters. The largest absolute Gasteiger partial charge is 0.317 e. The molecule has 0 aliphatic carbocycles. The van der Waals surface area contributed by atoms with E-state index >= 15 is 0 Å². The Morgan fingerprint density at radius 1 is 1.56 bits per heavy atom. The zero-order chi connectivity index (χ0) is 7.49. The molecule has 0 saturated carbocycles. The Morgan fingerprint density at radius 2 is 2.00 bits per heavy atom. The van der Waals surface area contributed by atoms with Gasteiger partial charge in [-0.1, -0.05) is 20.8 Å². The van der Waals surface area contributed by atoms with Gasteiger partial charge in [0.1, 0.15) is 0 Å². The summed E-state index contributed by atoms with van der Waals surface area (Å²) < 4.78 is 0. The maximum absolute atomic E-state index is 10.8. The van der Waals surface area contributed by atoms with E-state index < -0.39 is 5.41 Å². The summed E-state index contributed by atoms with van der Waals surface area (Å²) in [6.45, 7) is 5.39. The smallest absolute Gasteiger partial charge is 0.230 e. The molecule has 0 aliphatic rings. The number of nitrogens with one attached hydrogen (secondary N) is 2. The lowest BCUT2D eigenvalue weighted by atomic mass is 9.96. The van der Waals surface area contributed by atoms with Crippen molar-refractivity contribution in [2.24, 2.45) is 5.41 Å². The summed E-state index contributed by atoms with van der Waals surface area (Å²) in [6.07, 6.45) is 0.896. The minimum Gasteiger partial charge on any atom is -0.317 e. The monoisotopic (exact) mass is 128 g/mol. The molecule has 0 radical (unpaired) electrons. The lowest BCUT2D eigenvalue weighted by molar-refractivity contribution is -0.126. The van der Waals surface area contributed by atoms with Crippen LogP contribution >= 0.6 is 0 Å². The second-order valence-corrected chi connectivity index (χ2v) is 2.87. The summed E-state index contributed by atoms with van der Waals surface area (Å²) in [6, 6.07) is 0. The Morgan fingerprint density at radius 3 is 2.11 bits per heavy atom. The maximum Gasteiger partial charge on any atom is 0.230 e. The van der Waals surface area contributed by atoms with E-state index in [1.54, 1.807) is 20.8 Å². The minimum atomic E-state index is -0.391. The summed E-state index contributed by atoms with van der Waals surface area (Å²) in [4.78, 5) is 10.8. The standard InChI is InChI=1S/C6H12N2O/c1-6(2,3)5(9)8-4-7/h4H,1-3H3,(H2,7,8,9). The molecule has 0 aromatic heterocycles. The highest BCUT2D eigenvalue weighted by molar-refractivity contribution is 5.90. The van der Waals surface area contributed by atoms with E-state index in [0.717, 1.165) is 6.34 Å². The topological polar surface area (TPSA) is 53.0 Å². The number of carbonyl (C=O) groups is 1. The van der Waals surface area contributed by atoms with Crippen molar-refractivity contribution in [1.82, 2.24) is 5.32 Å². The van der Waals surface area contributed by atoms with Crippen LogP contribution < -0.4 is 5.32 Å². The Labute approximate surface area is 55.0 Å². The summed E-state index contributed by atoms with van der Waals surface area (Å²) in [5.41, 5.74) is -0.391. The molecule has 0 unspecified atom stereocenters. The fraction of sp³-hybridized carbons (Fsp3) is 0.667. The molecule has 0 bridgehead atoms. The van der Waals surface area contributed by atoms with E-state index in [9.17, 15) is 4.79 Å². The van der Waals surface area contributed by atoms with Crippen LogP contribution in [0.25, 0.3) is 0 Å². The van der Waals surface area contributed by atoms with Gasteiger partial charge in [-0.25, -0.2) is 0 Å². The van der Waals surface area contributed by atoms with Gasteiger partial charge in [-0.2, -0.15) is 0 Å². The first-order valence-corrected chi connectivity index (χ1v) is 2.78. The predicted octanol–water partition coefficient (Wildman–Crippen LogP) is 0.756. The van der Waals surface area contributed by atoms with Crippen molar-refractivity contribution < 1.29 is 4.79 Å². The van der Waals surface area contributed by atoms with Gasteiger partial charge >= 0.3 is 0 Å². The molecule has 52 valence electrons. The van der Waals surface area contributed by atoms with Crippen molar-refractivity contribution in [3.8, 4) is 0 Å². The van der Waals surface area contributed by atoms with Crippen molar-refractivity contribution in [3.05, 3.63) is 0 Å². The van der Waals surface area contributed by atoms with Gasteiger partial charge in [0, 0.05) is 5.41 Å². The first-order chi connectivity index (χ1) is 3.98. The average molecular weight is 128 g/mol. The first kappa shape index (κ1) is 8.14. The Kier molecular flexibility index (Phi) is 2.37. The van der Waals surface area contributed by atoms with E-state index in [1.165, 1.54) is 0 Å². The highest BCUT2D eigenvalue weighted by Gasteiger charge is 2.19. The average Bonchev–Trinajstić information content (AvgIpc) is 1.64. The van der Waals surface area contributed by atoms with Crippen molar-refractivity contribution in [2.45, 2.75) is 20.8 Å². The molecule has 0 rings (SSSR count). The van der Waals surface area contributed by atoms with Crippen molar-refractivity contribution in [3.63, 3.8) is 0 Å². The van der Waals surface area contributed by atoms with Crippen LogP contribution in [-0.4, -0.2) is 12.2 Å². The number of carbonyl (C=O) groups excluding carboxylic acids is 1. The Hall–Kier alpha value is -0.860. The molecule has 0 fully saturated rings. The van der Waals surface area contributed by atoms with E-state index in [-0.39, 0.29) is 5.91 Å². The van der Waals surface area contributed by atoms with Crippen LogP contribution in [0.5, 0.6) is 0 Å². The van der Waals surface area contributed by atoms with Crippen LogP contribution in [0.3, 0.4) is 0 Å². The van der Waals surface area contributed by atoms with Gasteiger partial charge in [0.05, 0.1) is 6.34 Å². The predicted molar refractivity (Wildman–Crippen MR) is 36.4 cm³/mol. The molecule has 0 heterocycles. The van der Waals surface area contributed by atoms with Crippen LogP contribution in [0.15, 0.2) is 0 Å². The molecule has 3 heteroatoms. The van der Waals surface area contributed by atoms with Crippen molar-refractivity contribution in [2.75, 3.05) is 0 Å². The highest BCUT2D eigenvalue weighted by Crippen LogP contribution is 2.11.